The molecule has 0 aromatic heterocycles. The minimum atomic E-state index is 0.280. The summed E-state index contributed by atoms with van der Waals surface area (Å²) in [5.41, 5.74) is 1.16. The van der Waals surface area contributed by atoms with E-state index in [2.05, 4.69) is 44.0 Å². The predicted octanol–water partition coefficient (Wildman–Crippen LogP) is 3.99. The second-order valence-corrected chi connectivity index (χ2v) is 7.91. The van der Waals surface area contributed by atoms with Gasteiger partial charge in [0.05, 0.1) is 3.23 Å². The van der Waals surface area contributed by atoms with Crippen LogP contribution >= 0.6 is 31.9 Å². The first-order valence-electron chi connectivity index (χ1n) is 4.69. The van der Waals surface area contributed by atoms with E-state index in [1.165, 1.54) is 32.1 Å². The minimum Gasteiger partial charge on any atom is -0.0879 e. The van der Waals surface area contributed by atoms with Crippen molar-refractivity contribution in [1.82, 2.24) is 0 Å². The average molecular weight is 292 g/mol. The van der Waals surface area contributed by atoms with Crippen LogP contribution in [0.1, 0.15) is 32.1 Å². The van der Waals surface area contributed by atoms with Crippen LogP contribution in [0.5, 0.6) is 0 Å². The van der Waals surface area contributed by atoms with E-state index in [0.717, 1.165) is 0 Å². The lowest BCUT2D eigenvalue weighted by molar-refractivity contribution is 0.380. The molecule has 0 aliphatic heterocycles. The van der Waals surface area contributed by atoms with Crippen LogP contribution in [0.25, 0.3) is 0 Å². The topological polar surface area (TPSA) is 0 Å². The van der Waals surface area contributed by atoms with Crippen LogP contribution in [0, 0.1) is 10.8 Å². The van der Waals surface area contributed by atoms with Gasteiger partial charge < -0.3 is 0 Å². The largest absolute Gasteiger partial charge is 0.0935 e. The molecule has 0 bridgehead atoms. The molecule has 0 spiro atoms. The Morgan fingerprint density at radius 1 is 0.917 bits per heavy atom. The molecule has 2 heteroatoms. The van der Waals surface area contributed by atoms with Crippen LogP contribution in [-0.4, -0.2) is 3.23 Å². The van der Waals surface area contributed by atoms with E-state index in [-0.39, 0.29) is 3.23 Å². The molecule has 0 unspecified atom stereocenters. The van der Waals surface area contributed by atoms with Crippen LogP contribution in [-0.2, 0) is 0 Å². The maximum atomic E-state index is 3.88. The quantitative estimate of drug-likeness (QED) is 0.468. The van der Waals surface area contributed by atoms with Crippen molar-refractivity contribution in [1.29, 1.82) is 0 Å². The fraction of sp³-hybridized carbons (Fsp3) is 0.800. The van der Waals surface area contributed by atoms with Gasteiger partial charge in [-0.2, -0.15) is 0 Å². The normalized spacial score (nSPS) is 53.2. The zero-order valence-corrected chi connectivity index (χ0v) is 10.1. The molecule has 3 rings (SSSR count). The summed E-state index contributed by atoms with van der Waals surface area (Å²) in [6.45, 7) is 0. The molecule has 0 radical (unpaired) electrons. The summed E-state index contributed by atoms with van der Waals surface area (Å²) in [6, 6.07) is 0. The molecule has 0 aromatic carbocycles. The van der Waals surface area contributed by atoms with Gasteiger partial charge in [-0.15, -0.1) is 0 Å². The zero-order chi connectivity index (χ0) is 8.45. The monoisotopic (exact) mass is 290 g/mol. The number of rotatable bonds is 0. The van der Waals surface area contributed by atoms with Gasteiger partial charge in [-0.3, -0.25) is 0 Å². The molecule has 66 valence electrons. The van der Waals surface area contributed by atoms with Gasteiger partial charge in [-0.1, -0.05) is 50.4 Å². The van der Waals surface area contributed by atoms with Gasteiger partial charge in [-0.25, -0.2) is 0 Å². The Kier molecular flexibility index (Phi) is 1.36. The minimum absolute atomic E-state index is 0.280. The number of allylic oxidation sites excluding steroid dienone is 2. The Bertz CT molecular complexity index is 245. The molecule has 3 aliphatic rings. The molecule has 3 aliphatic carbocycles. The van der Waals surface area contributed by atoms with Gasteiger partial charge in [0.1, 0.15) is 0 Å². The molecule has 0 saturated heterocycles. The second kappa shape index (κ2) is 2.03. The molecule has 0 heterocycles. The molecule has 0 aromatic rings. The van der Waals surface area contributed by atoms with E-state index in [0.29, 0.717) is 10.8 Å². The first-order chi connectivity index (χ1) is 5.66. The van der Waals surface area contributed by atoms with Crippen molar-refractivity contribution in [2.75, 3.05) is 0 Å². The highest BCUT2D eigenvalue weighted by molar-refractivity contribution is 9.25. The Balaban J connectivity index is 2.11. The van der Waals surface area contributed by atoms with Crippen LogP contribution < -0.4 is 0 Å². The van der Waals surface area contributed by atoms with Crippen molar-refractivity contribution in [2.24, 2.45) is 10.8 Å². The van der Waals surface area contributed by atoms with Crippen LogP contribution in [0.3, 0.4) is 0 Å². The molecular formula is C10H12Br2. The molecule has 2 saturated carbocycles. The van der Waals surface area contributed by atoms with Gasteiger partial charge in [0.2, 0.25) is 0 Å². The second-order valence-electron chi connectivity index (χ2n) is 4.47. The van der Waals surface area contributed by atoms with Gasteiger partial charge in [0, 0.05) is 10.8 Å². The zero-order valence-electron chi connectivity index (χ0n) is 6.95. The van der Waals surface area contributed by atoms with Crippen molar-refractivity contribution >= 4 is 31.9 Å². The lowest BCUT2D eigenvalue weighted by Crippen LogP contribution is -2.08. The SMILES string of the molecule is BrC1(Br)[C@@]23CC=CC[C@@]12CCC3. The van der Waals surface area contributed by atoms with E-state index >= 15 is 0 Å². The number of halogens is 2. The van der Waals surface area contributed by atoms with Crippen molar-refractivity contribution in [2.45, 2.75) is 35.3 Å². The number of hydrogen-bond acceptors (Lipinski definition) is 0. The number of alkyl halides is 2. The molecule has 0 nitrogen and oxygen atoms in total. The molecular weight excluding hydrogens is 280 g/mol. The van der Waals surface area contributed by atoms with Gasteiger partial charge in [-0.05, 0) is 25.7 Å². The Morgan fingerprint density at radius 3 is 1.92 bits per heavy atom. The van der Waals surface area contributed by atoms with E-state index in [1.54, 1.807) is 0 Å². The van der Waals surface area contributed by atoms with E-state index in [1.807, 2.05) is 0 Å². The van der Waals surface area contributed by atoms with Crippen LogP contribution in [0.15, 0.2) is 12.2 Å². The van der Waals surface area contributed by atoms with Crippen molar-refractivity contribution in [3.05, 3.63) is 12.2 Å². The summed E-state index contributed by atoms with van der Waals surface area (Å²) in [7, 11) is 0. The highest BCUT2D eigenvalue weighted by Gasteiger charge is 2.85. The third kappa shape index (κ3) is 0.552. The van der Waals surface area contributed by atoms with Crippen LogP contribution in [0.4, 0.5) is 0 Å². The maximum absolute atomic E-state index is 3.88. The summed E-state index contributed by atoms with van der Waals surface area (Å²) in [5, 5.41) is 0. The van der Waals surface area contributed by atoms with E-state index in [4.69, 9.17) is 0 Å². The summed E-state index contributed by atoms with van der Waals surface area (Å²) in [5.74, 6) is 0. The fourth-order valence-corrected chi connectivity index (χ4v) is 6.41. The summed E-state index contributed by atoms with van der Waals surface area (Å²) in [6.07, 6.45) is 11.6. The lowest BCUT2D eigenvalue weighted by Gasteiger charge is -2.17. The van der Waals surface area contributed by atoms with Crippen molar-refractivity contribution in [3.63, 3.8) is 0 Å². The first kappa shape index (κ1) is 8.05. The predicted molar refractivity (Wildman–Crippen MR) is 57.7 cm³/mol. The van der Waals surface area contributed by atoms with E-state index in [9.17, 15) is 0 Å². The highest BCUT2D eigenvalue weighted by Crippen LogP contribution is 2.89. The molecule has 0 amide bonds. The van der Waals surface area contributed by atoms with Gasteiger partial charge in [0.15, 0.2) is 0 Å². The smallest absolute Gasteiger partial charge is 0.0879 e. The summed E-state index contributed by atoms with van der Waals surface area (Å²) in [4.78, 5) is 0. The average Bonchev–Trinajstić information content (AvgIpc) is 2.44. The highest BCUT2D eigenvalue weighted by atomic mass is 79.9. The molecule has 2 atom stereocenters. The summed E-state index contributed by atoms with van der Waals surface area (Å²) >= 11 is 7.76. The fourth-order valence-electron chi connectivity index (χ4n) is 3.65. The van der Waals surface area contributed by atoms with Crippen molar-refractivity contribution < 1.29 is 0 Å². The van der Waals surface area contributed by atoms with Crippen molar-refractivity contribution in [3.8, 4) is 0 Å². The van der Waals surface area contributed by atoms with Gasteiger partial charge >= 0.3 is 0 Å². The maximum Gasteiger partial charge on any atom is 0.0935 e. The van der Waals surface area contributed by atoms with E-state index < -0.39 is 0 Å². The summed E-state index contributed by atoms with van der Waals surface area (Å²) < 4.78 is 0.280. The molecule has 2 fully saturated rings. The lowest BCUT2D eigenvalue weighted by atomic mass is 9.86. The Morgan fingerprint density at radius 2 is 1.42 bits per heavy atom. The Hall–Kier alpha value is 0.700. The third-order valence-corrected chi connectivity index (χ3v) is 7.40. The van der Waals surface area contributed by atoms with Gasteiger partial charge in [0.25, 0.3) is 0 Å². The first-order valence-corrected chi connectivity index (χ1v) is 6.28. The molecule has 12 heavy (non-hydrogen) atoms. The standard InChI is InChI=1S/C10H12Br2/c11-10(12)8-4-1-2-5-9(8,10)7-3-6-8/h1-2H,3-7H2/t8-,9+. The number of hydrogen-bond donors (Lipinski definition) is 0. The third-order valence-electron chi connectivity index (χ3n) is 4.36. The Labute approximate surface area is 90.1 Å². The molecule has 0 N–H and O–H groups in total. The van der Waals surface area contributed by atoms with Crippen LogP contribution in [0.2, 0.25) is 0 Å².